The van der Waals surface area contributed by atoms with Gasteiger partial charge in [0, 0.05) is 6.04 Å². The number of nitrogens with zero attached hydrogens (tertiary/aromatic N) is 2. The average Bonchev–Trinajstić information content (AvgIpc) is 2.89. The number of nitrogens with one attached hydrogen (secondary N) is 2. The molecule has 2 rings (SSSR count). The van der Waals surface area contributed by atoms with E-state index in [-0.39, 0.29) is 16.8 Å². The highest BCUT2D eigenvalue weighted by Crippen LogP contribution is 2.24. The monoisotopic (exact) mass is 392 g/mol. The van der Waals surface area contributed by atoms with Gasteiger partial charge in [0.15, 0.2) is 6.10 Å². The summed E-state index contributed by atoms with van der Waals surface area (Å²) in [5.41, 5.74) is 1.10. The van der Waals surface area contributed by atoms with Crippen LogP contribution in [-0.4, -0.2) is 39.8 Å². The van der Waals surface area contributed by atoms with Crippen molar-refractivity contribution in [3.05, 3.63) is 46.7 Å². The Hall–Kier alpha value is -2.87. The molecule has 0 saturated carbocycles. The summed E-state index contributed by atoms with van der Waals surface area (Å²) in [4.78, 5) is 36.0. The quantitative estimate of drug-likeness (QED) is 0.761. The number of hydrogen-bond acceptors (Lipinski definition) is 5. The molecule has 1 aromatic heterocycles. The normalized spacial score (nSPS) is 11.8. The van der Waals surface area contributed by atoms with Crippen molar-refractivity contribution in [3.63, 3.8) is 0 Å². The van der Waals surface area contributed by atoms with Crippen LogP contribution in [0.5, 0.6) is 0 Å². The SMILES string of the molecule is Cc1nn(-c2ccccc2)c(Cl)c1C(=O)O[C@H](C)C(=O)NC(=O)NC(C)C. The van der Waals surface area contributed by atoms with Gasteiger partial charge in [-0.15, -0.1) is 0 Å². The number of ether oxygens (including phenoxy) is 1. The molecule has 3 amide bonds. The number of benzene rings is 1. The lowest BCUT2D eigenvalue weighted by Crippen LogP contribution is -2.46. The summed E-state index contributed by atoms with van der Waals surface area (Å²) in [6.45, 7) is 6.48. The van der Waals surface area contributed by atoms with Crippen LogP contribution in [0.3, 0.4) is 0 Å². The Morgan fingerprint density at radius 1 is 1.15 bits per heavy atom. The second-order valence-electron chi connectivity index (χ2n) is 6.16. The van der Waals surface area contributed by atoms with E-state index in [1.54, 1.807) is 32.9 Å². The molecule has 0 spiro atoms. The van der Waals surface area contributed by atoms with Gasteiger partial charge in [0.05, 0.1) is 11.4 Å². The van der Waals surface area contributed by atoms with Gasteiger partial charge in [-0.2, -0.15) is 5.10 Å². The minimum atomic E-state index is -1.19. The van der Waals surface area contributed by atoms with E-state index in [9.17, 15) is 14.4 Å². The van der Waals surface area contributed by atoms with Gasteiger partial charge in [0.25, 0.3) is 5.91 Å². The highest BCUT2D eigenvalue weighted by Gasteiger charge is 2.26. The molecule has 0 saturated heterocycles. The summed E-state index contributed by atoms with van der Waals surface area (Å²) in [6.07, 6.45) is -1.19. The number of carbonyl (C=O) groups is 3. The van der Waals surface area contributed by atoms with Gasteiger partial charge in [-0.25, -0.2) is 14.3 Å². The van der Waals surface area contributed by atoms with Crippen LogP contribution in [0.25, 0.3) is 5.69 Å². The smallest absolute Gasteiger partial charge is 0.344 e. The number of hydrogen-bond donors (Lipinski definition) is 2. The van der Waals surface area contributed by atoms with Crippen molar-refractivity contribution in [1.29, 1.82) is 0 Å². The number of rotatable bonds is 5. The zero-order valence-corrected chi connectivity index (χ0v) is 16.2. The van der Waals surface area contributed by atoms with E-state index in [2.05, 4.69) is 15.7 Å². The van der Waals surface area contributed by atoms with Crippen molar-refractivity contribution >= 4 is 29.5 Å². The highest BCUT2D eigenvalue weighted by atomic mass is 35.5. The molecule has 0 aliphatic rings. The maximum absolute atomic E-state index is 12.5. The van der Waals surface area contributed by atoms with Gasteiger partial charge < -0.3 is 10.1 Å². The number of carbonyl (C=O) groups excluding carboxylic acids is 3. The third-order valence-electron chi connectivity index (χ3n) is 3.52. The molecule has 0 fully saturated rings. The molecule has 0 aliphatic heterocycles. The maximum Gasteiger partial charge on any atom is 0.344 e. The molecule has 1 heterocycles. The number of amides is 3. The fraction of sp³-hybridized carbons (Fsp3) is 0.333. The van der Waals surface area contributed by atoms with Crippen molar-refractivity contribution < 1.29 is 19.1 Å². The minimum absolute atomic E-state index is 0.0619. The molecule has 1 aromatic carbocycles. The predicted octanol–water partition coefficient (Wildman–Crippen LogP) is 2.61. The first-order valence-electron chi connectivity index (χ1n) is 8.33. The highest BCUT2D eigenvalue weighted by molar-refractivity contribution is 6.33. The second kappa shape index (κ2) is 8.68. The van der Waals surface area contributed by atoms with Crippen molar-refractivity contribution in [2.24, 2.45) is 0 Å². The first-order valence-corrected chi connectivity index (χ1v) is 8.71. The number of aryl methyl sites for hydroxylation is 1. The lowest BCUT2D eigenvalue weighted by molar-refractivity contribution is -0.127. The fourth-order valence-electron chi connectivity index (χ4n) is 2.26. The zero-order chi connectivity index (χ0) is 20.1. The Labute approximate surface area is 161 Å². The fourth-order valence-corrected chi connectivity index (χ4v) is 2.61. The standard InChI is InChI=1S/C18H21ClN4O4/c1-10(2)20-18(26)21-16(24)12(4)27-17(25)14-11(3)22-23(15(14)19)13-8-6-5-7-9-13/h5-10,12H,1-4H3,(H2,20,21,24,26)/t12-/m1/s1. The van der Waals surface area contributed by atoms with E-state index in [1.165, 1.54) is 11.6 Å². The van der Waals surface area contributed by atoms with Gasteiger partial charge in [0.1, 0.15) is 10.7 Å². The van der Waals surface area contributed by atoms with Gasteiger partial charge in [0.2, 0.25) is 0 Å². The van der Waals surface area contributed by atoms with Crippen LogP contribution in [0.4, 0.5) is 4.79 Å². The molecule has 0 bridgehead atoms. The number of halogens is 1. The summed E-state index contributed by atoms with van der Waals surface area (Å²) >= 11 is 6.30. The van der Waals surface area contributed by atoms with Crippen LogP contribution in [-0.2, 0) is 9.53 Å². The topological polar surface area (TPSA) is 102 Å². The molecular formula is C18H21ClN4O4. The third-order valence-corrected chi connectivity index (χ3v) is 3.87. The number of esters is 1. The molecule has 0 aliphatic carbocycles. The van der Waals surface area contributed by atoms with E-state index in [0.29, 0.717) is 11.4 Å². The molecule has 0 radical (unpaired) electrons. The van der Waals surface area contributed by atoms with Gasteiger partial charge in [-0.1, -0.05) is 29.8 Å². The molecule has 0 unspecified atom stereocenters. The number of para-hydroxylation sites is 1. The van der Waals surface area contributed by atoms with Gasteiger partial charge in [-0.05, 0) is 39.8 Å². The molecule has 27 heavy (non-hydrogen) atoms. The Balaban J connectivity index is 2.11. The van der Waals surface area contributed by atoms with Gasteiger partial charge >= 0.3 is 12.0 Å². The summed E-state index contributed by atoms with van der Waals surface area (Å²) in [6, 6.07) is 8.25. The summed E-state index contributed by atoms with van der Waals surface area (Å²) in [5, 5.41) is 8.95. The molecule has 2 N–H and O–H groups in total. The predicted molar refractivity (Wildman–Crippen MR) is 100.0 cm³/mol. The third kappa shape index (κ3) is 5.07. The van der Waals surface area contributed by atoms with Crippen molar-refractivity contribution in [2.75, 3.05) is 0 Å². The van der Waals surface area contributed by atoms with Crippen LogP contribution in [0.15, 0.2) is 30.3 Å². The molecular weight excluding hydrogens is 372 g/mol. The Kier molecular flexibility index (Phi) is 6.57. The Bertz CT molecular complexity index is 849. The summed E-state index contributed by atoms with van der Waals surface area (Å²) < 4.78 is 6.56. The summed E-state index contributed by atoms with van der Waals surface area (Å²) in [7, 11) is 0. The van der Waals surface area contributed by atoms with Crippen LogP contribution < -0.4 is 10.6 Å². The molecule has 1 atom stereocenters. The molecule has 144 valence electrons. The van der Waals surface area contributed by atoms with Crippen LogP contribution in [0.2, 0.25) is 5.15 Å². The van der Waals surface area contributed by atoms with Crippen LogP contribution >= 0.6 is 11.6 Å². The molecule has 8 nitrogen and oxygen atoms in total. The Morgan fingerprint density at radius 3 is 2.37 bits per heavy atom. The van der Waals surface area contributed by atoms with E-state index in [1.807, 2.05) is 18.2 Å². The molecule has 2 aromatic rings. The lowest BCUT2D eigenvalue weighted by atomic mass is 10.2. The number of imide groups is 1. The maximum atomic E-state index is 12.5. The van der Waals surface area contributed by atoms with Crippen LogP contribution in [0.1, 0.15) is 36.8 Å². The lowest BCUT2D eigenvalue weighted by Gasteiger charge is -2.14. The van der Waals surface area contributed by atoms with Crippen LogP contribution in [0, 0.1) is 6.92 Å². The van der Waals surface area contributed by atoms with E-state index >= 15 is 0 Å². The average molecular weight is 393 g/mol. The number of aromatic nitrogens is 2. The summed E-state index contributed by atoms with van der Waals surface area (Å²) in [5.74, 6) is -1.54. The Morgan fingerprint density at radius 2 is 1.78 bits per heavy atom. The molecule has 9 heteroatoms. The van der Waals surface area contributed by atoms with Crippen molar-refractivity contribution in [2.45, 2.75) is 39.8 Å². The minimum Gasteiger partial charge on any atom is -0.449 e. The van der Waals surface area contributed by atoms with E-state index in [4.69, 9.17) is 16.3 Å². The zero-order valence-electron chi connectivity index (χ0n) is 15.4. The van der Waals surface area contributed by atoms with Crippen molar-refractivity contribution in [3.8, 4) is 5.69 Å². The number of urea groups is 1. The van der Waals surface area contributed by atoms with Crippen molar-refractivity contribution in [1.82, 2.24) is 20.4 Å². The first-order chi connectivity index (χ1) is 12.7. The van der Waals surface area contributed by atoms with E-state index in [0.717, 1.165) is 0 Å². The largest absolute Gasteiger partial charge is 0.449 e. The van der Waals surface area contributed by atoms with E-state index < -0.39 is 24.0 Å². The van der Waals surface area contributed by atoms with Gasteiger partial charge in [-0.3, -0.25) is 10.1 Å². The second-order valence-corrected chi connectivity index (χ2v) is 6.52. The first kappa shape index (κ1) is 20.4.